The maximum Gasteiger partial charge on any atom is 0.238 e. The number of aromatic nitrogens is 1. The first-order chi connectivity index (χ1) is 6.27. The van der Waals surface area contributed by atoms with Crippen LogP contribution in [0.3, 0.4) is 0 Å². The summed E-state index contributed by atoms with van der Waals surface area (Å²) in [6.07, 6.45) is 4.26. The SMILES string of the molecule is Cc1ncc(C(=O)C2=CCCO2)s1. The van der Waals surface area contributed by atoms with Gasteiger partial charge in [0.05, 0.1) is 16.5 Å². The summed E-state index contributed by atoms with van der Waals surface area (Å²) in [5, 5.41) is 0.905. The Bertz CT molecular complexity index is 367. The predicted octanol–water partition coefficient (Wildman–Crippen LogP) is 1.94. The molecule has 0 saturated heterocycles. The van der Waals surface area contributed by atoms with Gasteiger partial charge < -0.3 is 4.74 Å². The molecule has 0 aliphatic carbocycles. The van der Waals surface area contributed by atoms with Crippen LogP contribution < -0.4 is 0 Å². The van der Waals surface area contributed by atoms with Crippen LogP contribution in [0, 0.1) is 6.92 Å². The second-order valence-corrected chi connectivity index (χ2v) is 4.01. The molecule has 0 N–H and O–H groups in total. The molecule has 0 atom stereocenters. The number of Topliss-reactive ketones (excluding diaryl/α,β-unsaturated/α-hetero) is 1. The van der Waals surface area contributed by atoms with Gasteiger partial charge in [0, 0.05) is 12.6 Å². The lowest BCUT2D eigenvalue weighted by atomic mass is 10.3. The fourth-order valence-electron chi connectivity index (χ4n) is 1.16. The summed E-state index contributed by atoms with van der Waals surface area (Å²) in [5.41, 5.74) is 0. The van der Waals surface area contributed by atoms with Crippen LogP contribution in [0.4, 0.5) is 0 Å². The van der Waals surface area contributed by atoms with Crippen LogP contribution in [0.15, 0.2) is 18.0 Å². The van der Waals surface area contributed by atoms with Crippen LogP contribution in [0.1, 0.15) is 21.1 Å². The average molecular weight is 195 g/mol. The Labute approximate surface area is 80.1 Å². The Balaban J connectivity index is 2.22. The summed E-state index contributed by atoms with van der Waals surface area (Å²) in [7, 11) is 0. The number of hydrogen-bond donors (Lipinski definition) is 0. The van der Waals surface area contributed by atoms with E-state index < -0.39 is 0 Å². The van der Waals surface area contributed by atoms with Crippen molar-refractivity contribution in [2.24, 2.45) is 0 Å². The molecule has 0 saturated carbocycles. The lowest BCUT2D eigenvalue weighted by molar-refractivity contribution is 0.0946. The van der Waals surface area contributed by atoms with E-state index in [1.165, 1.54) is 11.3 Å². The monoisotopic (exact) mass is 195 g/mol. The summed E-state index contributed by atoms with van der Waals surface area (Å²) in [4.78, 5) is 16.3. The van der Waals surface area contributed by atoms with Gasteiger partial charge in [0.2, 0.25) is 5.78 Å². The van der Waals surface area contributed by atoms with Crippen molar-refractivity contribution in [1.29, 1.82) is 0 Å². The van der Waals surface area contributed by atoms with Crippen LogP contribution in [-0.4, -0.2) is 17.4 Å². The summed E-state index contributed by atoms with van der Waals surface area (Å²) in [6.45, 7) is 2.50. The number of carbonyl (C=O) groups excluding carboxylic acids is 1. The minimum absolute atomic E-state index is 0.0388. The molecule has 0 fully saturated rings. The maximum absolute atomic E-state index is 11.6. The molecule has 0 amide bonds. The highest BCUT2D eigenvalue weighted by atomic mass is 32.1. The molecule has 2 rings (SSSR count). The average Bonchev–Trinajstić information content (AvgIpc) is 2.72. The number of allylic oxidation sites excluding steroid dienone is 1. The van der Waals surface area contributed by atoms with Crippen molar-refractivity contribution in [2.45, 2.75) is 13.3 Å². The number of aryl methyl sites for hydroxylation is 1. The van der Waals surface area contributed by atoms with Gasteiger partial charge in [-0.15, -0.1) is 11.3 Å². The van der Waals surface area contributed by atoms with E-state index in [9.17, 15) is 4.79 Å². The van der Waals surface area contributed by atoms with Crippen molar-refractivity contribution in [3.8, 4) is 0 Å². The third-order valence-electron chi connectivity index (χ3n) is 1.77. The third-order valence-corrected chi connectivity index (χ3v) is 2.69. The maximum atomic E-state index is 11.6. The molecular formula is C9H9NO2S. The fourth-order valence-corrected chi connectivity index (χ4v) is 1.89. The summed E-state index contributed by atoms with van der Waals surface area (Å²) in [6, 6.07) is 0. The molecule has 0 unspecified atom stereocenters. The van der Waals surface area contributed by atoms with Crippen LogP contribution in [0.5, 0.6) is 0 Å². The molecule has 4 heteroatoms. The minimum atomic E-state index is -0.0388. The number of ether oxygens (including phenoxy) is 1. The molecule has 1 aromatic heterocycles. The predicted molar refractivity (Wildman–Crippen MR) is 49.8 cm³/mol. The first kappa shape index (κ1) is 8.44. The van der Waals surface area contributed by atoms with E-state index in [0.29, 0.717) is 17.2 Å². The standard InChI is InChI=1S/C9H9NO2S/c1-6-10-5-8(13-6)9(11)7-3-2-4-12-7/h3,5H,2,4H2,1H3. The van der Waals surface area contributed by atoms with E-state index in [1.807, 2.05) is 13.0 Å². The van der Waals surface area contributed by atoms with Crippen LogP contribution in [0.25, 0.3) is 0 Å². The van der Waals surface area contributed by atoms with E-state index in [1.54, 1.807) is 6.20 Å². The Hall–Kier alpha value is -1.16. The van der Waals surface area contributed by atoms with Gasteiger partial charge >= 0.3 is 0 Å². The van der Waals surface area contributed by atoms with Gasteiger partial charge in [-0.2, -0.15) is 0 Å². The fraction of sp³-hybridized carbons (Fsp3) is 0.333. The molecular weight excluding hydrogens is 186 g/mol. The zero-order chi connectivity index (χ0) is 9.26. The third kappa shape index (κ3) is 1.62. The largest absolute Gasteiger partial charge is 0.489 e. The van der Waals surface area contributed by atoms with Crippen molar-refractivity contribution < 1.29 is 9.53 Å². The first-order valence-corrected chi connectivity index (χ1v) is 4.89. The Morgan fingerprint density at radius 3 is 3.08 bits per heavy atom. The zero-order valence-electron chi connectivity index (χ0n) is 7.24. The molecule has 0 bridgehead atoms. The summed E-state index contributed by atoms with van der Waals surface area (Å²) >= 11 is 1.40. The van der Waals surface area contributed by atoms with Gasteiger partial charge in [-0.05, 0) is 13.0 Å². The van der Waals surface area contributed by atoms with Crippen LogP contribution in [0.2, 0.25) is 0 Å². The Morgan fingerprint density at radius 1 is 1.69 bits per heavy atom. The second-order valence-electron chi connectivity index (χ2n) is 2.78. The smallest absolute Gasteiger partial charge is 0.238 e. The van der Waals surface area contributed by atoms with Crippen molar-refractivity contribution in [3.63, 3.8) is 0 Å². The molecule has 0 radical (unpaired) electrons. The van der Waals surface area contributed by atoms with E-state index in [-0.39, 0.29) is 5.78 Å². The highest BCUT2D eigenvalue weighted by Gasteiger charge is 2.18. The summed E-state index contributed by atoms with van der Waals surface area (Å²) < 4.78 is 5.17. The van der Waals surface area contributed by atoms with Gasteiger partial charge in [0.15, 0.2) is 5.76 Å². The zero-order valence-corrected chi connectivity index (χ0v) is 8.06. The van der Waals surface area contributed by atoms with Crippen LogP contribution >= 0.6 is 11.3 Å². The van der Waals surface area contributed by atoms with Crippen molar-refractivity contribution in [3.05, 3.63) is 27.9 Å². The van der Waals surface area contributed by atoms with Gasteiger partial charge in [0.1, 0.15) is 0 Å². The summed E-state index contributed by atoms with van der Waals surface area (Å²) in [5.74, 6) is 0.437. The normalized spacial score (nSPS) is 15.3. The molecule has 68 valence electrons. The molecule has 2 heterocycles. The molecule has 1 aliphatic rings. The van der Waals surface area contributed by atoms with Crippen molar-refractivity contribution in [2.75, 3.05) is 6.61 Å². The van der Waals surface area contributed by atoms with Gasteiger partial charge in [-0.3, -0.25) is 4.79 Å². The van der Waals surface area contributed by atoms with E-state index in [4.69, 9.17) is 4.74 Å². The number of carbonyl (C=O) groups is 1. The lowest BCUT2D eigenvalue weighted by Crippen LogP contribution is -2.01. The quantitative estimate of drug-likeness (QED) is 0.677. The highest BCUT2D eigenvalue weighted by Crippen LogP contribution is 2.19. The van der Waals surface area contributed by atoms with Gasteiger partial charge in [0.25, 0.3) is 0 Å². The topological polar surface area (TPSA) is 39.2 Å². The number of nitrogens with zero attached hydrogens (tertiary/aromatic N) is 1. The van der Waals surface area contributed by atoms with E-state index in [2.05, 4.69) is 4.98 Å². The Morgan fingerprint density at radius 2 is 2.54 bits per heavy atom. The van der Waals surface area contributed by atoms with Crippen molar-refractivity contribution >= 4 is 17.1 Å². The molecule has 13 heavy (non-hydrogen) atoms. The van der Waals surface area contributed by atoms with E-state index in [0.717, 1.165) is 11.4 Å². The van der Waals surface area contributed by atoms with E-state index >= 15 is 0 Å². The highest BCUT2D eigenvalue weighted by molar-refractivity contribution is 7.13. The second kappa shape index (κ2) is 3.30. The Kier molecular flexibility index (Phi) is 2.14. The molecule has 0 spiro atoms. The number of hydrogen-bond acceptors (Lipinski definition) is 4. The number of rotatable bonds is 2. The molecule has 3 nitrogen and oxygen atoms in total. The van der Waals surface area contributed by atoms with Crippen LogP contribution in [-0.2, 0) is 4.74 Å². The number of thiazole rings is 1. The lowest BCUT2D eigenvalue weighted by Gasteiger charge is -1.98. The number of ketones is 1. The minimum Gasteiger partial charge on any atom is -0.489 e. The first-order valence-electron chi connectivity index (χ1n) is 4.07. The van der Waals surface area contributed by atoms with Gasteiger partial charge in [-0.1, -0.05) is 0 Å². The molecule has 1 aliphatic heterocycles. The van der Waals surface area contributed by atoms with Crippen molar-refractivity contribution in [1.82, 2.24) is 4.98 Å². The molecule has 0 aromatic carbocycles. The van der Waals surface area contributed by atoms with Gasteiger partial charge in [-0.25, -0.2) is 4.98 Å². The molecule has 1 aromatic rings.